The van der Waals surface area contributed by atoms with Crippen molar-refractivity contribution in [1.82, 2.24) is 19.9 Å². The van der Waals surface area contributed by atoms with Crippen molar-refractivity contribution in [2.24, 2.45) is 0 Å². The van der Waals surface area contributed by atoms with E-state index in [4.69, 9.17) is 0 Å². The number of hydrogen-bond donors (Lipinski definition) is 4. The Morgan fingerprint density at radius 1 is 0.829 bits per heavy atom. The van der Waals surface area contributed by atoms with Crippen molar-refractivity contribution in [2.75, 3.05) is 10.6 Å². The van der Waals surface area contributed by atoms with Gasteiger partial charge in [0.05, 0.1) is 16.6 Å². The van der Waals surface area contributed by atoms with Crippen LogP contribution in [0, 0.1) is 17.7 Å². The molecule has 5 rings (SSSR count). The van der Waals surface area contributed by atoms with Gasteiger partial charge in [-0.2, -0.15) is 0 Å². The Hall–Kier alpha value is -5.23. The predicted molar refractivity (Wildman–Crippen MR) is 129 cm³/mol. The van der Waals surface area contributed by atoms with Crippen molar-refractivity contribution in [3.8, 4) is 11.8 Å². The first-order valence-corrected chi connectivity index (χ1v) is 10.6. The number of hydrogen-bond acceptors (Lipinski definition) is 4. The van der Waals surface area contributed by atoms with Crippen LogP contribution in [0.15, 0.2) is 79.0 Å². The van der Waals surface area contributed by atoms with Gasteiger partial charge in [-0.15, -0.1) is 0 Å². The van der Waals surface area contributed by atoms with Crippen LogP contribution in [0.5, 0.6) is 0 Å². The Bertz CT molecular complexity index is 1610. The van der Waals surface area contributed by atoms with Gasteiger partial charge in [0, 0.05) is 6.20 Å². The van der Waals surface area contributed by atoms with E-state index >= 15 is 0 Å². The molecule has 4 N–H and O–H groups in total. The van der Waals surface area contributed by atoms with Crippen molar-refractivity contribution >= 4 is 34.6 Å². The SMILES string of the molecule is O=C(Nc1nc2c(C(=O)Nc3ccc[nH]3)cccc2[nH]1)c1cccc(C#Cc2ccccc2F)n1. The maximum absolute atomic E-state index is 13.8. The number of aromatic nitrogens is 4. The molecule has 3 aromatic heterocycles. The van der Waals surface area contributed by atoms with Crippen LogP contribution in [0.2, 0.25) is 0 Å². The minimum atomic E-state index is -0.518. The summed E-state index contributed by atoms with van der Waals surface area (Å²) in [5.74, 6) is 4.91. The van der Waals surface area contributed by atoms with Crippen molar-refractivity contribution in [3.63, 3.8) is 0 Å². The molecule has 2 amide bonds. The molecule has 8 nitrogen and oxygen atoms in total. The predicted octanol–water partition coefficient (Wildman–Crippen LogP) is 4.33. The molecule has 0 aliphatic heterocycles. The third-order valence-electron chi connectivity index (χ3n) is 5.02. The fraction of sp³-hybridized carbons (Fsp3) is 0. The number of H-pyrrole nitrogens is 2. The lowest BCUT2D eigenvalue weighted by Crippen LogP contribution is -2.15. The normalized spacial score (nSPS) is 10.4. The monoisotopic (exact) mass is 464 g/mol. The number of carbonyl (C=O) groups excluding carboxylic acids is 2. The van der Waals surface area contributed by atoms with E-state index in [0.717, 1.165) is 0 Å². The summed E-state index contributed by atoms with van der Waals surface area (Å²) in [5, 5.41) is 5.41. The van der Waals surface area contributed by atoms with Crippen molar-refractivity contribution in [2.45, 2.75) is 0 Å². The van der Waals surface area contributed by atoms with Gasteiger partial charge in [-0.3, -0.25) is 14.9 Å². The lowest BCUT2D eigenvalue weighted by atomic mass is 10.1. The molecule has 2 aromatic carbocycles. The molecular formula is C26H17FN6O2. The van der Waals surface area contributed by atoms with E-state index in [9.17, 15) is 14.0 Å². The summed E-state index contributed by atoms with van der Waals surface area (Å²) in [5.41, 5.74) is 1.99. The first-order valence-electron chi connectivity index (χ1n) is 10.6. The van der Waals surface area contributed by atoms with Gasteiger partial charge in [-0.25, -0.2) is 14.4 Å². The number of amides is 2. The molecule has 9 heteroatoms. The highest BCUT2D eigenvalue weighted by molar-refractivity contribution is 6.12. The molecule has 0 fully saturated rings. The molecule has 0 atom stereocenters. The molecule has 5 aromatic rings. The third-order valence-corrected chi connectivity index (χ3v) is 5.02. The number of nitrogens with one attached hydrogen (secondary N) is 4. The minimum Gasteiger partial charge on any atom is -0.348 e. The fourth-order valence-electron chi connectivity index (χ4n) is 3.37. The van der Waals surface area contributed by atoms with Crippen LogP contribution >= 0.6 is 0 Å². The zero-order valence-electron chi connectivity index (χ0n) is 18.1. The average Bonchev–Trinajstić information content (AvgIpc) is 3.53. The van der Waals surface area contributed by atoms with Crippen molar-refractivity contribution in [1.29, 1.82) is 0 Å². The minimum absolute atomic E-state index is 0.107. The number of para-hydroxylation sites is 1. The standard InChI is InChI=1S/C26H17FN6O2/c27-19-9-2-1-6-16(19)13-14-17-7-3-11-21(29-17)25(35)33-26-30-20-10-4-8-18(23(20)32-26)24(34)31-22-12-5-15-28-22/h1-12,15,28H,(H,31,34)(H2,30,32,33,35). The first kappa shape index (κ1) is 21.6. The van der Waals surface area contributed by atoms with Gasteiger partial charge in [0.25, 0.3) is 11.8 Å². The number of pyridine rings is 1. The lowest BCUT2D eigenvalue weighted by molar-refractivity contribution is 0.101. The Labute approximate surface area is 198 Å². The Morgan fingerprint density at radius 2 is 1.69 bits per heavy atom. The van der Waals surface area contributed by atoms with E-state index in [1.165, 1.54) is 12.1 Å². The first-order chi connectivity index (χ1) is 17.1. The maximum atomic E-state index is 13.8. The van der Waals surface area contributed by atoms with Gasteiger partial charge in [-0.05, 0) is 54.5 Å². The van der Waals surface area contributed by atoms with Crippen LogP contribution in [-0.2, 0) is 0 Å². The summed E-state index contributed by atoms with van der Waals surface area (Å²) in [6.07, 6.45) is 1.70. The van der Waals surface area contributed by atoms with Gasteiger partial charge in [0.2, 0.25) is 5.95 Å². The van der Waals surface area contributed by atoms with Gasteiger partial charge in [-0.1, -0.05) is 30.2 Å². The largest absolute Gasteiger partial charge is 0.348 e. The molecular weight excluding hydrogens is 447 g/mol. The Balaban J connectivity index is 1.35. The van der Waals surface area contributed by atoms with Crippen LogP contribution in [0.1, 0.15) is 32.1 Å². The summed E-state index contributed by atoms with van der Waals surface area (Å²) in [6.45, 7) is 0. The molecule has 0 saturated heterocycles. The number of rotatable bonds is 4. The second-order valence-corrected chi connectivity index (χ2v) is 7.42. The van der Waals surface area contributed by atoms with Crippen LogP contribution < -0.4 is 10.6 Å². The van der Waals surface area contributed by atoms with Gasteiger partial charge < -0.3 is 15.3 Å². The molecule has 0 aliphatic rings. The zero-order chi connectivity index (χ0) is 24.2. The van der Waals surface area contributed by atoms with Crippen LogP contribution in [0.25, 0.3) is 11.0 Å². The molecule has 0 bridgehead atoms. The molecule has 0 radical (unpaired) electrons. The quantitative estimate of drug-likeness (QED) is 0.296. The summed E-state index contributed by atoms with van der Waals surface area (Å²) < 4.78 is 13.8. The summed E-state index contributed by atoms with van der Waals surface area (Å²) in [7, 11) is 0. The summed E-state index contributed by atoms with van der Waals surface area (Å²) in [6, 6.07) is 19.6. The highest BCUT2D eigenvalue weighted by atomic mass is 19.1. The van der Waals surface area contributed by atoms with Gasteiger partial charge in [0.1, 0.15) is 28.5 Å². The summed E-state index contributed by atoms with van der Waals surface area (Å²) in [4.78, 5) is 40.0. The molecule has 0 spiro atoms. The van der Waals surface area contributed by atoms with E-state index in [1.54, 1.807) is 66.9 Å². The fourth-order valence-corrected chi connectivity index (χ4v) is 3.37. The van der Waals surface area contributed by atoms with Crippen LogP contribution in [0.4, 0.5) is 16.2 Å². The van der Waals surface area contributed by atoms with E-state index in [0.29, 0.717) is 28.1 Å². The Kier molecular flexibility index (Phi) is 5.76. The Morgan fingerprint density at radius 3 is 2.51 bits per heavy atom. The van der Waals surface area contributed by atoms with Crippen LogP contribution in [0.3, 0.4) is 0 Å². The number of carbonyl (C=O) groups is 2. The highest BCUT2D eigenvalue weighted by Crippen LogP contribution is 2.20. The van der Waals surface area contributed by atoms with Crippen LogP contribution in [-0.4, -0.2) is 31.8 Å². The van der Waals surface area contributed by atoms with E-state index < -0.39 is 11.7 Å². The molecule has 170 valence electrons. The second-order valence-electron chi connectivity index (χ2n) is 7.42. The van der Waals surface area contributed by atoms with E-state index in [2.05, 4.69) is 42.4 Å². The van der Waals surface area contributed by atoms with Crippen molar-refractivity contribution < 1.29 is 14.0 Å². The van der Waals surface area contributed by atoms with Gasteiger partial charge >= 0.3 is 0 Å². The van der Waals surface area contributed by atoms with Gasteiger partial charge in [0.15, 0.2) is 0 Å². The van der Waals surface area contributed by atoms with E-state index in [1.807, 2.05) is 0 Å². The van der Waals surface area contributed by atoms with Crippen molar-refractivity contribution in [3.05, 3.63) is 107 Å². The highest BCUT2D eigenvalue weighted by Gasteiger charge is 2.16. The molecule has 0 aliphatic carbocycles. The maximum Gasteiger partial charge on any atom is 0.276 e. The van der Waals surface area contributed by atoms with E-state index in [-0.39, 0.29) is 23.1 Å². The topological polar surface area (TPSA) is 116 Å². The smallest absolute Gasteiger partial charge is 0.276 e. The number of halogens is 1. The number of fused-ring (bicyclic) bond motifs is 1. The number of anilines is 2. The average molecular weight is 464 g/mol. The number of aromatic amines is 2. The third kappa shape index (κ3) is 4.77. The lowest BCUT2D eigenvalue weighted by Gasteiger charge is -2.03. The molecule has 3 heterocycles. The number of imidazole rings is 1. The molecule has 0 unspecified atom stereocenters. The number of benzene rings is 2. The summed E-state index contributed by atoms with van der Waals surface area (Å²) >= 11 is 0. The molecule has 0 saturated carbocycles. The second kappa shape index (κ2) is 9.33. The number of nitrogens with zero attached hydrogens (tertiary/aromatic N) is 2. The zero-order valence-corrected chi connectivity index (χ0v) is 18.1. The molecule has 35 heavy (non-hydrogen) atoms.